The number of rotatable bonds is 4. The zero-order valence-electron chi connectivity index (χ0n) is 7.75. The highest BCUT2D eigenvalue weighted by Crippen LogP contribution is 2.27. The van der Waals surface area contributed by atoms with Gasteiger partial charge in [-0.3, -0.25) is 4.18 Å². The zero-order valence-corrected chi connectivity index (χ0v) is 8.57. The lowest BCUT2D eigenvalue weighted by Gasteiger charge is -2.04. The standard InChI is InChI=1S/C9H10O5S/c1-2-5-14-15(12,13)7-3-4-8(10)9(11)6-7/h2-4,6,10-11H,1,5H2. The van der Waals surface area contributed by atoms with Gasteiger partial charge in [-0.1, -0.05) is 6.08 Å². The van der Waals surface area contributed by atoms with Crippen LogP contribution in [0.5, 0.6) is 11.5 Å². The Balaban J connectivity index is 3.05. The van der Waals surface area contributed by atoms with E-state index in [0.29, 0.717) is 0 Å². The molecule has 2 N–H and O–H groups in total. The molecule has 1 aromatic rings. The second-order valence-electron chi connectivity index (χ2n) is 2.68. The van der Waals surface area contributed by atoms with Gasteiger partial charge in [0.25, 0.3) is 10.1 Å². The molecule has 0 atom stereocenters. The van der Waals surface area contributed by atoms with E-state index in [9.17, 15) is 8.42 Å². The highest BCUT2D eigenvalue weighted by molar-refractivity contribution is 7.86. The van der Waals surface area contributed by atoms with Crippen molar-refractivity contribution in [2.75, 3.05) is 6.61 Å². The molecule has 0 aliphatic rings. The fraction of sp³-hybridized carbons (Fsp3) is 0.111. The molecular formula is C9H10O5S. The lowest BCUT2D eigenvalue weighted by Crippen LogP contribution is -2.06. The van der Waals surface area contributed by atoms with Crippen molar-refractivity contribution in [1.82, 2.24) is 0 Å². The second kappa shape index (κ2) is 4.33. The SMILES string of the molecule is C=CCOS(=O)(=O)c1ccc(O)c(O)c1. The summed E-state index contributed by atoms with van der Waals surface area (Å²) in [5.74, 6) is -0.907. The van der Waals surface area contributed by atoms with Gasteiger partial charge in [0.2, 0.25) is 0 Å². The monoisotopic (exact) mass is 230 g/mol. The minimum atomic E-state index is -3.90. The van der Waals surface area contributed by atoms with Crippen LogP contribution in [-0.2, 0) is 14.3 Å². The van der Waals surface area contributed by atoms with Crippen LogP contribution in [0.2, 0.25) is 0 Å². The van der Waals surface area contributed by atoms with Gasteiger partial charge >= 0.3 is 0 Å². The topological polar surface area (TPSA) is 83.8 Å². The third-order valence-corrected chi connectivity index (χ3v) is 2.85. The summed E-state index contributed by atoms with van der Waals surface area (Å²) in [5.41, 5.74) is 0. The molecule has 0 spiro atoms. The molecule has 1 rings (SSSR count). The molecule has 0 saturated heterocycles. The molecular weight excluding hydrogens is 220 g/mol. The summed E-state index contributed by atoms with van der Waals surface area (Å²) in [6, 6.07) is 3.11. The number of benzene rings is 1. The molecule has 0 bridgehead atoms. The maximum absolute atomic E-state index is 11.4. The maximum Gasteiger partial charge on any atom is 0.297 e. The van der Waals surface area contributed by atoms with Crippen LogP contribution < -0.4 is 0 Å². The molecule has 0 saturated carbocycles. The molecule has 0 aliphatic heterocycles. The fourth-order valence-corrected chi connectivity index (χ4v) is 1.77. The first-order valence-electron chi connectivity index (χ1n) is 3.99. The zero-order chi connectivity index (χ0) is 11.5. The lowest BCUT2D eigenvalue weighted by atomic mass is 10.3. The summed E-state index contributed by atoms with van der Waals surface area (Å²) < 4.78 is 27.3. The summed E-state index contributed by atoms with van der Waals surface area (Å²) in [7, 11) is -3.90. The molecule has 82 valence electrons. The Labute approximate surface area is 87.4 Å². The Morgan fingerprint density at radius 3 is 2.53 bits per heavy atom. The fourth-order valence-electron chi connectivity index (χ4n) is 0.864. The van der Waals surface area contributed by atoms with E-state index < -0.39 is 21.6 Å². The van der Waals surface area contributed by atoms with Crippen molar-refractivity contribution < 1.29 is 22.8 Å². The summed E-state index contributed by atoms with van der Waals surface area (Å²) in [4.78, 5) is -0.223. The van der Waals surface area contributed by atoms with E-state index in [2.05, 4.69) is 10.8 Å². The van der Waals surface area contributed by atoms with Gasteiger partial charge in [0.05, 0.1) is 11.5 Å². The van der Waals surface area contributed by atoms with E-state index in [1.54, 1.807) is 0 Å². The van der Waals surface area contributed by atoms with Crippen LogP contribution >= 0.6 is 0 Å². The van der Waals surface area contributed by atoms with Gasteiger partial charge in [0.1, 0.15) is 0 Å². The average Bonchev–Trinajstić information content (AvgIpc) is 2.19. The van der Waals surface area contributed by atoms with Gasteiger partial charge in [0.15, 0.2) is 11.5 Å². The summed E-state index contributed by atoms with van der Waals surface area (Å²) in [6.45, 7) is 3.16. The average molecular weight is 230 g/mol. The van der Waals surface area contributed by atoms with Crippen molar-refractivity contribution >= 4 is 10.1 Å². The summed E-state index contributed by atoms with van der Waals surface area (Å²) in [6.07, 6.45) is 1.29. The molecule has 15 heavy (non-hydrogen) atoms. The maximum atomic E-state index is 11.4. The van der Waals surface area contributed by atoms with Gasteiger partial charge in [-0.15, -0.1) is 6.58 Å². The minimum absolute atomic E-state index is 0.149. The van der Waals surface area contributed by atoms with Gasteiger partial charge in [-0.05, 0) is 12.1 Å². The molecule has 0 heterocycles. The third-order valence-electron chi connectivity index (χ3n) is 1.58. The Hall–Kier alpha value is -1.53. The largest absolute Gasteiger partial charge is 0.504 e. The first-order chi connectivity index (χ1) is 6.97. The Bertz CT molecular complexity index is 463. The van der Waals surface area contributed by atoms with Crippen LogP contribution in [0.4, 0.5) is 0 Å². The van der Waals surface area contributed by atoms with Crippen LogP contribution in [-0.4, -0.2) is 25.2 Å². The number of hydrogen-bond acceptors (Lipinski definition) is 5. The third kappa shape index (κ3) is 2.71. The van der Waals surface area contributed by atoms with Gasteiger partial charge < -0.3 is 10.2 Å². The van der Waals surface area contributed by atoms with Crippen molar-refractivity contribution in [1.29, 1.82) is 0 Å². The Morgan fingerprint density at radius 1 is 1.33 bits per heavy atom. The van der Waals surface area contributed by atoms with E-state index in [1.807, 2.05) is 0 Å². The number of phenols is 2. The Morgan fingerprint density at radius 2 is 2.00 bits per heavy atom. The highest BCUT2D eigenvalue weighted by Gasteiger charge is 2.16. The summed E-state index contributed by atoms with van der Waals surface area (Å²) in [5, 5.41) is 18.1. The van der Waals surface area contributed by atoms with Crippen LogP contribution in [0.1, 0.15) is 0 Å². The van der Waals surface area contributed by atoms with Crippen LogP contribution in [0.15, 0.2) is 35.7 Å². The van der Waals surface area contributed by atoms with Gasteiger partial charge in [0, 0.05) is 6.07 Å². The minimum Gasteiger partial charge on any atom is -0.504 e. The smallest absolute Gasteiger partial charge is 0.297 e. The highest BCUT2D eigenvalue weighted by atomic mass is 32.2. The van der Waals surface area contributed by atoms with E-state index in [4.69, 9.17) is 10.2 Å². The molecule has 1 aromatic carbocycles. The summed E-state index contributed by atoms with van der Waals surface area (Å²) >= 11 is 0. The number of aromatic hydroxyl groups is 2. The first-order valence-corrected chi connectivity index (χ1v) is 5.40. The molecule has 6 heteroatoms. The van der Waals surface area contributed by atoms with Crippen molar-refractivity contribution in [2.24, 2.45) is 0 Å². The van der Waals surface area contributed by atoms with E-state index >= 15 is 0 Å². The quantitative estimate of drug-likeness (QED) is 0.458. The van der Waals surface area contributed by atoms with E-state index in [1.165, 1.54) is 6.08 Å². The molecule has 0 radical (unpaired) electrons. The van der Waals surface area contributed by atoms with Gasteiger partial charge in [-0.2, -0.15) is 8.42 Å². The second-order valence-corrected chi connectivity index (χ2v) is 4.29. The molecule has 0 fully saturated rings. The van der Waals surface area contributed by atoms with Crippen LogP contribution in [0.25, 0.3) is 0 Å². The van der Waals surface area contributed by atoms with Crippen LogP contribution in [0.3, 0.4) is 0 Å². The normalized spacial score (nSPS) is 11.2. The predicted molar refractivity (Wildman–Crippen MR) is 53.1 cm³/mol. The molecule has 0 aromatic heterocycles. The van der Waals surface area contributed by atoms with Crippen molar-refractivity contribution in [2.45, 2.75) is 4.90 Å². The van der Waals surface area contributed by atoms with E-state index in [-0.39, 0.29) is 11.5 Å². The van der Waals surface area contributed by atoms with E-state index in [0.717, 1.165) is 18.2 Å². The van der Waals surface area contributed by atoms with Crippen molar-refractivity contribution in [3.05, 3.63) is 30.9 Å². The van der Waals surface area contributed by atoms with Crippen molar-refractivity contribution in [3.63, 3.8) is 0 Å². The van der Waals surface area contributed by atoms with Gasteiger partial charge in [-0.25, -0.2) is 0 Å². The predicted octanol–water partition coefficient (Wildman–Crippen LogP) is 0.989. The number of phenolic OH excluding ortho intramolecular Hbond substituents is 2. The molecule has 0 aliphatic carbocycles. The molecule has 0 amide bonds. The number of hydrogen-bond donors (Lipinski definition) is 2. The first kappa shape index (κ1) is 11.5. The van der Waals surface area contributed by atoms with Crippen molar-refractivity contribution in [3.8, 4) is 11.5 Å². The molecule has 0 unspecified atom stereocenters. The molecule has 5 nitrogen and oxygen atoms in total. The van der Waals surface area contributed by atoms with Crippen LogP contribution in [0, 0.1) is 0 Å². The Kier molecular flexibility index (Phi) is 3.33. The lowest BCUT2D eigenvalue weighted by molar-refractivity contribution is 0.356.